The summed E-state index contributed by atoms with van der Waals surface area (Å²) in [5.41, 5.74) is 0. The molecule has 0 saturated heterocycles. The van der Waals surface area contributed by atoms with E-state index in [1.807, 2.05) is 35.8 Å². The highest BCUT2D eigenvalue weighted by Crippen LogP contribution is 2.18. The highest BCUT2D eigenvalue weighted by Gasteiger charge is 1.97. The molecule has 0 aromatic heterocycles. The third-order valence-corrected chi connectivity index (χ3v) is 2.99. The van der Waals surface area contributed by atoms with E-state index in [0.29, 0.717) is 0 Å². The van der Waals surface area contributed by atoms with Gasteiger partial charge in [0, 0.05) is 4.90 Å². The van der Waals surface area contributed by atoms with Gasteiger partial charge < -0.3 is 5.11 Å². The first-order valence-electron chi connectivity index (χ1n) is 5.50. The fourth-order valence-corrected chi connectivity index (χ4v) is 2.01. The van der Waals surface area contributed by atoms with Crippen LogP contribution >= 0.6 is 11.8 Å². The predicted molar refractivity (Wildman–Crippen MR) is 71.5 cm³/mol. The van der Waals surface area contributed by atoms with Crippen molar-refractivity contribution in [2.45, 2.75) is 30.3 Å². The van der Waals surface area contributed by atoms with Crippen molar-refractivity contribution in [3.63, 3.8) is 0 Å². The van der Waals surface area contributed by atoms with Gasteiger partial charge in [-0.1, -0.05) is 36.0 Å². The minimum absolute atomic E-state index is 0.337. The maximum atomic E-state index is 9.62. The van der Waals surface area contributed by atoms with Crippen molar-refractivity contribution in [3.8, 4) is 0 Å². The molecular weight excluding hydrogens is 216 g/mol. The molecule has 0 aliphatic carbocycles. The maximum Gasteiger partial charge on any atom is 0.0729 e. The van der Waals surface area contributed by atoms with Gasteiger partial charge in [-0.3, -0.25) is 0 Å². The van der Waals surface area contributed by atoms with Crippen molar-refractivity contribution in [2.75, 3.05) is 0 Å². The van der Waals surface area contributed by atoms with Crippen LogP contribution in [0.4, 0.5) is 0 Å². The lowest BCUT2D eigenvalue weighted by Gasteiger charge is -2.03. The van der Waals surface area contributed by atoms with Crippen LogP contribution in [0.1, 0.15) is 19.3 Å². The van der Waals surface area contributed by atoms with E-state index in [1.165, 1.54) is 4.90 Å². The Morgan fingerprint density at radius 1 is 1.31 bits per heavy atom. The van der Waals surface area contributed by atoms with Crippen LogP contribution < -0.4 is 0 Å². The molecule has 1 atom stereocenters. The molecule has 0 fully saturated rings. The molecule has 1 nitrogen and oxygen atoms in total. The summed E-state index contributed by atoms with van der Waals surface area (Å²) in [7, 11) is 0. The van der Waals surface area contributed by atoms with Crippen molar-refractivity contribution in [1.29, 1.82) is 0 Å². The molecule has 0 heterocycles. The van der Waals surface area contributed by atoms with Crippen LogP contribution in [0.5, 0.6) is 0 Å². The Kier molecular flexibility index (Phi) is 6.70. The van der Waals surface area contributed by atoms with E-state index in [9.17, 15) is 5.11 Å². The molecule has 0 aliphatic heterocycles. The molecule has 0 saturated carbocycles. The van der Waals surface area contributed by atoms with Crippen LogP contribution in [0, 0.1) is 0 Å². The first-order chi connectivity index (χ1) is 7.83. The Bertz CT molecular complexity index is 319. The first-order valence-corrected chi connectivity index (χ1v) is 6.38. The second-order valence-corrected chi connectivity index (χ2v) is 4.53. The van der Waals surface area contributed by atoms with Crippen molar-refractivity contribution < 1.29 is 5.11 Å². The van der Waals surface area contributed by atoms with Gasteiger partial charge in [-0.25, -0.2) is 0 Å². The number of aliphatic hydroxyl groups is 1. The molecule has 1 aromatic rings. The van der Waals surface area contributed by atoms with Gasteiger partial charge in [0.25, 0.3) is 0 Å². The van der Waals surface area contributed by atoms with Gasteiger partial charge in [-0.05, 0) is 42.9 Å². The number of allylic oxidation sites excluding steroid dienone is 1. The summed E-state index contributed by atoms with van der Waals surface area (Å²) in [6.07, 6.45) is 6.16. The maximum absolute atomic E-state index is 9.62. The van der Waals surface area contributed by atoms with Gasteiger partial charge in [0.15, 0.2) is 0 Å². The van der Waals surface area contributed by atoms with Crippen LogP contribution in [-0.4, -0.2) is 11.2 Å². The van der Waals surface area contributed by atoms with Crippen molar-refractivity contribution >= 4 is 11.8 Å². The van der Waals surface area contributed by atoms with Crippen LogP contribution in [0.3, 0.4) is 0 Å². The number of aliphatic hydroxyl groups excluding tert-OH is 1. The number of rotatable bonds is 7. The number of unbranched alkanes of at least 4 members (excludes halogenated alkanes) is 1. The normalized spacial score (nSPS) is 12.8. The average molecular weight is 234 g/mol. The van der Waals surface area contributed by atoms with E-state index >= 15 is 0 Å². The molecule has 1 N–H and O–H groups in total. The Morgan fingerprint density at radius 2 is 2.06 bits per heavy atom. The van der Waals surface area contributed by atoms with Crippen molar-refractivity contribution in [1.82, 2.24) is 0 Å². The summed E-state index contributed by atoms with van der Waals surface area (Å²) in [5, 5.41) is 11.6. The Hall–Kier alpha value is -0.990. The molecule has 2 heteroatoms. The SMILES string of the molecule is C=CCCC[C@H](O)/C=C\Sc1ccccc1. The average Bonchev–Trinajstić information content (AvgIpc) is 2.31. The first kappa shape index (κ1) is 13.1. The third kappa shape index (κ3) is 5.79. The quantitative estimate of drug-likeness (QED) is 0.437. The minimum Gasteiger partial charge on any atom is -0.389 e. The van der Waals surface area contributed by atoms with Crippen LogP contribution in [0.2, 0.25) is 0 Å². The van der Waals surface area contributed by atoms with E-state index in [4.69, 9.17) is 0 Å². The largest absolute Gasteiger partial charge is 0.389 e. The topological polar surface area (TPSA) is 20.2 Å². The van der Waals surface area contributed by atoms with E-state index in [2.05, 4.69) is 18.7 Å². The monoisotopic (exact) mass is 234 g/mol. The van der Waals surface area contributed by atoms with Crippen LogP contribution in [0.15, 0.2) is 59.4 Å². The van der Waals surface area contributed by atoms with Gasteiger partial charge in [-0.2, -0.15) is 0 Å². The summed E-state index contributed by atoms with van der Waals surface area (Å²) in [6.45, 7) is 3.66. The fourth-order valence-electron chi connectivity index (χ4n) is 1.28. The van der Waals surface area contributed by atoms with E-state index < -0.39 is 0 Å². The smallest absolute Gasteiger partial charge is 0.0729 e. The molecular formula is C14H18OS. The number of hydrogen-bond donors (Lipinski definition) is 1. The Labute approximate surface area is 102 Å². The highest BCUT2D eigenvalue weighted by atomic mass is 32.2. The van der Waals surface area contributed by atoms with E-state index in [0.717, 1.165) is 19.3 Å². The van der Waals surface area contributed by atoms with Gasteiger partial charge in [0.05, 0.1) is 6.10 Å². The number of thioether (sulfide) groups is 1. The van der Waals surface area contributed by atoms with Crippen LogP contribution in [-0.2, 0) is 0 Å². The molecule has 0 radical (unpaired) electrons. The minimum atomic E-state index is -0.337. The summed E-state index contributed by atoms with van der Waals surface area (Å²) >= 11 is 1.63. The Morgan fingerprint density at radius 3 is 2.75 bits per heavy atom. The third-order valence-electron chi connectivity index (χ3n) is 2.16. The Balaban J connectivity index is 2.23. The van der Waals surface area contributed by atoms with Crippen molar-refractivity contribution in [2.24, 2.45) is 0 Å². The lowest BCUT2D eigenvalue weighted by molar-refractivity contribution is 0.210. The highest BCUT2D eigenvalue weighted by molar-refractivity contribution is 8.02. The number of hydrogen-bond acceptors (Lipinski definition) is 2. The van der Waals surface area contributed by atoms with Gasteiger partial charge >= 0.3 is 0 Å². The standard InChI is InChI=1S/C14H18OS/c1-2-3-5-8-13(15)11-12-16-14-9-6-4-7-10-14/h2,4,6-7,9-13,15H,1,3,5,8H2/b12-11-/t13-/m0/s1. The van der Waals surface area contributed by atoms with E-state index in [-0.39, 0.29) is 6.10 Å². The zero-order valence-electron chi connectivity index (χ0n) is 9.38. The zero-order valence-corrected chi connectivity index (χ0v) is 10.2. The summed E-state index contributed by atoms with van der Waals surface area (Å²) in [5.74, 6) is 0. The van der Waals surface area contributed by atoms with E-state index in [1.54, 1.807) is 11.8 Å². The lowest BCUT2D eigenvalue weighted by atomic mass is 10.1. The molecule has 0 amide bonds. The molecule has 1 aromatic carbocycles. The fraction of sp³-hybridized carbons (Fsp3) is 0.286. The molecule has 0 bridgehead atoms. The second kappa shape index (κ2) is 8.20. The molecule has 0 aliphatic rings. The van der Waals surface area contributed by atoms with Gasteiger partial charge in [0.2, 0.25) is 0 Å². The molecule has 16 heavy (non-hydrogen) atoms. The molecule has 0 spiro atoms. The van der Waals surface area contributed by atoms with Gasteiger partial charge in [0.1, 0.15) is 0 Å². The van der Waals surface area contributed by atoms with Crippen LogP contribution in [0.25, 0.3) is 0 Å². The molecule has 1 rings (SSSR count). The molecule has 0 unspecified atom stereocenters. The van der Waals surface area contributed by atoms with Gasteiger partial charge in [-0.15, -0.1) is 6.58 Å². The lowest BCUT2D eigenvalue weighted by Crippen LogP contribution is -2.00. The zero-order chi connectivity index (χ0) is 11.6. The summed E-state index contributed by atoms with van der Waals surface area (Å²) in [4.78, 5) is 1.19. The second-order valence-electron chi connectivity index (χ2n) is 3.55. The predicted octanol–water partition coefficient (Wildman–Crippen LogP) is 4.01. The summed E-state index contributed by atoms with van der Waals surface area (Å²) in [6, 6.07) is 10.1. The molecule has 86 valence electrons. The number of benzene rings is 1. The summed E-state index contributed by atoms with van der Waals surface area (Å²) < 4.78 is 0. The van der Waals surface area contributed by atoms with Crippen molar-refractivity contribution in [3.05, 3.63) is 54.5 Å².